The Morgan fingerprint density at radius 1 is 1.25 bits per heavy atom. The maximum Gasteiger partial charge on any atom is 0.303 e. The first-order valence-electron chi connectivity index (χ1n) is 10.5. The summed E-state index contributed by atoms with van der Waals surface area (Å²) < 4.78 is 11.7. The molecule has 176 valence electrons. The third kappa shape index (κ3) is 2.16. The Hall–Kier alpha value is -1.34. The summed E-state index contributed by atoms with van der Waals surface area (Å²) >= 11 is 0. The zero-order valence-corrected chi connectivity index (χ0v) is 20.0. The fraction of sp³-hybridized carbons (Fsp3) is 0.800. The van der Waals surface area contributed by atoms with E-state index in [2.05, 4.69) is 0 Å². The van der Waals surface area contributed by atoms with Gasteiger partial charge in [0.1, 0.15) is 5.60 Å². The Bertz CT molecular complexity index is 975. The Labute approximate surface area is 192 Å². The summed E-state index contributed by atoms with van der Waals surface area (Å²) in [5, 5.41) is 22.1. The molecule has 10 nitrogen and oxygen atoms in total. The van der Waals surface area contributed by atoms with E-state index in [1.165, 1.54) is 23.8 Å². The number of fused-ring (bicyclic) bond motifs is 3. The van der Waals surface area contributed by atoms with Crippen LogP contribution in [-0.4, -0.2) is 96.4 Å². The van der Waals surface area contributed by atoms with Gasteiger partial charge in [-0.2, -0.15) is 0 Å². The molecular weight excluding hydrogens is 460 g/mol. The number of hydrogen-bond donors (Lipinski definition) is 2. The van der Waals surface area contributed by atoms with E-state index in [-0.39, 0.29) is 18.6 Å². The summed E-state index contributed by atoms with van der Waals surface area (Å²) in [5.41, 5.74) is -4.41. The number of amides is 2. The first-order chi connectivity index (χ1) is 14.7. The van der Waals surface area contributed by atoms with Crippen LogP contribution in [0, 0.1) is 5.41 Å². The van der Waals surface area contributed by atoms with Gasteiger partial charge in [-0.05, 0) is 17.7 Å². The summed E-state index contributed by atoms with van der Waals surface area (Å²) in [7, 11) is 3.67. The molecule has 0 aromatic rings. The van der Waals surface area contributed by atoms with E-state index in [4.69, 9.17) is 9.47 Å². The number of Topliss-reactive ketones (excluding diaryl/α,β-unsaturated/α-hetero) is 1. The zero-order valence-electron chi connectivity index (χ0n) is 18.4. The van der Waals surface area contributed by atoms with Gasteiger partial charge in [0.2, 0.25) is 4.87 Å². The first-order valence-corrected chi connectivity index (χ1v) is 12.6. The number of carbonyl (C=O) groups is 4. The summed E-state index contributed by atoms with van der Waals surface area (Å²) in [6, 6.07) is -0.999. The van der Waals surface area contributed by atoms with E-state index in [1.807, 2.05) is 0 Å². The number of likely N-dealkylation sites (N-methyl/N-ethyl adjacent to an activating group) is 1. The highest BCUT2D eigenvalue weighted by atomic mass is 33.1. The Balaban J connectivity index is 1.67. The molecule has 0 aromatic carbocycles. The minimum absolute atomic E-state index is 0.106. The third-order valence-corrected chi connectivity index (χ3v) is 11.7. The molecule has 5 saturated heterocycles. The number of hydrogen-bond acceptors (Lipinski definition) is 10. The molecule has 6 aliphatic rings. The number of carbonyl (C=O) groups excluding carboxylic acids is 4. The quantitative estimate of drug-likeness (QED) is 0.394. The summed E-state index contributed by atoms with van der Waals surface area (Å²) in [6.45, 7) is 5.80. The molecule has 1 saturated carbocycles. The van der Waals surface area contributed by atoms with Crippen molar-refractivity contribution in [3.8, 4) is 0 Å². The van der Waals surface area contributed by atoms with Gasteiger partial charge in [-0.1, -0.05) is 24.6 Å². The molecular formula is C20H26N2O8S2. The lowest BCUT2D eigenvalue weighted by Crippen LogP contribution is -2.77. The molecule has 0 aromatic heterocycles. The first kappa shape index (κ1) is 22.5. The van der Waals surface area contributed by atoms with Gasteiger partial charge in [-0.25, -0.2) is 0 Å². The highest BCUT2D eigenvalue weighted by Crippen LogP contribution is 2.69. The number of nitrogens with zero attached hydrogens (tertiary/aromatic N) is 2. The van der Waals surface area contributed by atoms with Crippen molar-refractivity contribution in [1.29, 1.82) is 0 Å². The lowest BCUT2D eigenvalue weighted by molar-refractivity contribution is -0.189. The number of piperazine rings is 1. The van der Waals surface area contributed by atoms with E-state index < -0.39 is 69.0 Å². The maximum absolute atomic E-state index is 13.7. The predicted molar refractivity (Wildman–Crippen MR) is 113 cm³/mol. The summed E-state index contributed by atoms with van der Waals surface area (Å²) in [4.78, 5) is 52.4. The Kier molecular flexibility index (Phi) is 4.35. The molecule has 7 atom stereocenters. The van der Waals surface area contributed by atoms with Crippen LogP contribution >= 0.6 is 21.6 Å². The van der Waals surface area contributed by atoms with E-state index in [0.29, 0.717) is 0 Å². The van der Waals surface area contributed by atoms with Gasteiger partial charge >= 0.3 is 5.97 Å². The monoisotopic (exact) mass is 486 g/mol. The fourth-order valence-electron chi connectivity index (χ4n) is 6.10. The van der Waals surface area contributed by atoms with Crippen LogP contribution in [0.25, 0.3) is 0 Å². The van der Waals surface area contributed by atoms with Crippen molar-refractivity contribution in [2.75, 3.05) is 13.7 Å². The van der Waals surface area contributed by atoms with Gasteiger partial charge in [0.05, 0.1) is 24.2 Å². The molecule has 2 N–H and O–H groups in total. The molecule has 2 amide bonds. The van der Waals surface area contributed by atoms with Crippen molar-refractivity contribution in [3.05, 3.63) is 0 Å². The molecule has 6 fully saturated rings. The van der Waals surface area contributed by atoms with Gasteiger partial charge in [0.15, 0.2) is 22.4 Å². The van der Waals surface area contributed by atoms with Crippen molar-refractivity contribution in [2.24, 2.45) is 5.41 Å². The van der Waals surface area contributed by atoms with Gasteiger partial charge in [-0.15, -0.1) is 0 Å². The smallest absolute Gasteiger partial charge is 0.303 e. The van der Waals surface area contributed by atoms with Crippen LogP contribution in [0.2, 0.25) is 0 Å². The third-order valence-electron chi connectivity index (χ3n) is 8.10. The Morgan fingerprint density at radius 3 is 2.44 bits per heavy atom. The van der Waals surface area contributed by atoms with Gasteiger partial charge in [-0.3, -0.25) is 19.2 Å². The number of rotatable bonds is 2. The average Bonchev–Trinajstić information content (AvgIpc) is 3.17. The molecule has 0 unspecified atom stereocenters. The number of esters is 1. The van der Waals surface area contributed by atoms with Crippen molar-refractivity contribution in [2.45, 2.75) is 79.7 Å². The number of aliphatic hydroxyl groups excluding tert-OH is 1. The second-order valence-corrected chi connectivity index (χ2v) is 12.7. The minimum atomic E-state index is -1.88. The summed E-state index contributed by atoms with van der Waals surface area (Å²) in [5.74, 6) is -1.94. The van der Waals surface area contributed by atoms with Crippen molar-refractivity contribution >= 4 is 45.2 Å². The normalized spacial score (nSPS) is 48.6. The predicted octanol–water partition coefficient (Wildman–Crippen LogP) is -0.341. The van der Waals surface area contributed by atoms with Gasteiger partial charge in [0, 0.05) is 26.8 Å². The van der Waals surface area contributed by atoms with Crippen LogP contribution in [0.1, 0.15) is 40.5 Å². The van der Waals surface area contributed by atoms with E-state index in [9.17, 15) is 29.4 Å². The fourth-order valence-corrected chi connectivity index (χ4v) is 9.75. The van der Waals surface area contributed by atoms with E-state index in [0.717, 1.165) is 21.6 Å². The van der Waals surface area contributed by atoms with Crippen LogP contribution in [-0.2, 0) is 28.7 Å². The maximum atomic E-state index is 13.7. The van der Waals surface area contributed by atoms with Crippen LogP contribution in [0.4, 0.5) is 0 Å². The molecule has 6 rings (SSSR count). The largest absolute Gasteiger partial charge is 0.456 e. The minimum Gasteiger partial charge on any atom is -0.456 e. The van der Waals surface area contributed by atoms with Crippen LogP contribution in [0.3, 0.4) is 0 Å². The second kappa shape index (κ2) is 6.21. The molecule has 2 bridgehead atoms. The molecule has 5 heterocycles. The molecule has 1 aliphatic carbocycles. The lowest BCUT2D eigenvalue weighted by atomic mass is 9.76. The molecule has 0 radical (unpaired) electrons. The zero-order chi connectivity index (χ0) is 23.6. The highest BCUT2D eigenvalue weighted by molar-refractivity contribution is 8.78. The SMILES string of the molecule is CC(=O)O[C@@H]1[C@@]2(O)C[C@@]34SS[C@@](CO)(C(=O)N3[C@H]2C[C@]12O[C@H](C)C(C)(C)C2=O)N(C)C4=O. The molecule has 5 aliphatic heterocycles. The van der Waals surface area contributed by atoms with Crippen LogP contribution in [0.15, 0.2) is 0 Å². The summed E-state index contributed by atoms with van der Waals surface area (Å²) in [6.07, 6.45) is -2.22. The van der Waals surface area contributed by atoms with Crippen molar-refractivity contribution in [3.63, 3.8) is 0 Å². The average molecular weight is 487 g/mol. The van der Waals surface area contributed by atoms with Crippen molar-refractivity contribution in [1.82, 2.24) is 9.80 Å². The second-order valence-electron chi connectivity index (χ2n) is 10.0. The van der Waals surface area contributed by atoms with Gasteiger partial charge < -0.3 is 29.5 Å². The van der Waals surface area contributed by atoms with Crippen LogP contribution in [0.5, 0.6) is 0 Å². The number of ketones is 1. The molecule has 12 heteroatoms. The lowest BCUT2D eigenvalue weighted by Gasteiger charge is -2.58. The van der Waals surface area contributed by atoms with Crippen LogP contribution < -0.4 is 0 Å². The van der Waals surface area contributed by atoms with E-state index >= 15 is 0 Å². The van der Waals surface area contributed by atoms with Crippen molar-refractivity contribution < 1.29 is 38.9 Å². The van der Waals surface area contributed by atoms with E-state index in [1.54, 1.807) is 20.8 Å². The number of aliphatic hydroxyl groups is 2. The Morgan fingerprint density at radius 2 is 1.91 bits per heavy atom. The topological polar surface area (TPSA) is 134 Å². The highest BCUT2D eigenvalue weighted by Gasteiger charge is 2.84. The molecule has 32 heavy (non-hydrogen) atoms. The molecule has 2 spiro atoms. The standard InChI is InChI=1S/C20H26N2O8S2/c1-9-16(3,4)12(25)18(30-9)6-11-17(28,13(18)29-10(2)24)7-19-14(26)21(5)20(8-23,32-31-19)15(27)22(11)19/h9,11,13,23,28H,6-8H2,1-5H3/t9-,11+,13-,17-,18-,19+,20+/m1/s1. The number of ether oxygens (including phenoxy) is 2. The van der Waals surface area contributed by atoms with Gasteiger partial charge in [0.25, 0.3) is 11.8 Å².